The molecule has 11 aromatic rings. The Bertz CT molecular complexity index is 3670. The zero-order chi connectivity index (χ0) is 47.3. The largest absolute Gasteiger partial charge is 0.310 e. The summed E-state index contributed by atoms with van der Waals surface area (Å²) in [6.07, 6.45) is 0. The normalized spacial score (nSPS) is 13.2. The predicted molar refractivity (Wildman–Crippen MR) is 278 cm³/mol. The van der Waals surface area contributed by atoms with E-state index in [0.717, 1.165) is 55.6 Å². The highest BCUT2D eigenvalue weighted by molar-refractivity contribution is 5.97. The first-order chi connectivity index (χ1) is 34.4. The molecule has 310 valence electrons. The first-order valence-corrected chi connectivity index (χ1v) is 22.5. The van der Waals surface area contributed by atoms with E-state index < -0.39 is 5.41 Å². The Labute approximate surface area is 392 Å². The third-order valence-electron chi connectivity index (χ3n) is 13.2. The summed E-state index contributed by atoms with van der Waals surface area (Å²) < 4.78 is 38.9. The Morgan fingerprint density at radius 3 is 1.50 bits per heavy atom. The quantitative estimate of drug-likeness (QED) is 0.140. The minimum Gasteiger partial charge on any atom is -0.310 e. The van der Waals surface area contributed by atoms with Crippen molar-refractivity contribution >= 4 is 27.8 Å². The first kappa shape index (κ1) is 34.9. The van der Waals surface area contributed by atoms with Crippen molar-refractivity contribution in [2.24, 2.45) is 0 Å². The van der Waals surface area contributed by atoms with Crippen molar-refractivity contribution in [2.45, 2.75) is 5.41 Å². The van der Waals surface area contributed by atoms with E-state index in [9.17, 15) is 5.48 Å². The zero-order valence-electron chi connectivity index (χ0n) is 40.1. The minimum absolute atomic E-state index is 0.105. The molecule has 11 aromatic carbocycles. The molecule has 0 amide bonds. The number of hydrogen-bond donors (Lipinski definition) is 0. The van der Waals surface area contributed by atoms with Gasteiger partial charge in [0, 0.05) is 17.1 Å². The van der Waals surface area contributed by atoms with Crippen LogP contribution in [-0.2, 0) is 5.41 Å². The summed E-state index contributed by atoms with van der Waals surface area (Å²) >= 11 is 0. The molecule has 66 heavy (non-hydrogen) atoms. The van der Waals surface area contributed by atoms with Gasteiger partial charge in [-0.25, -0.2) is 0 Å². The predicted octanol–water partition coefficient (Wildman–Crippen LogP) is 17.3. The third kappa shape index (κ3) is 6.73. The molecule has 1 aliphatic rings. The maximum absolute atomic E-state index is 9.84. The highest BCUT2D eigenvalue weighted by Gasteiger charge is 2.46. The fourth-order valence-electron chi connectivity index (χ4n) is 10.1. The van der Waals surface area contributed by atoms with Gasteiger partial charge in [-0.05, 0) is 131 Å². The molecular weight excluding hydrogens is 795 g/mol. The Hall–Kier alpha value is -8.52. The Morgan fingerprint density at radius 1 is 0.288 bits per heavy atom. The second kappa shape index (κ2) is 16.6. The molecule has 0 unspecified atom stereocenters. The lowest BCUT2D eigenvalue weighted by Gasteiger charge is -2.35. The van der Waals surface area contributed by atoms with Crippen LogP contribution in [0.4, 0.5) is 17.1 Å². The second-order valence-corrected chi connectivity index (χ2v) is 16.9. The SMILES string of the molecule is [2H]c1c([2H])c(N(c2ccc(-c3cccc(-c4cccc5ccccc45)c3)cc2)c2ccc3c(c2)C(c2ccccc2)(c2ccccc2)c2ccccc2-3)c([2H])c([2H])c1-c1ccc(-c2ccccc2)cc1. The number of anilines is 3. The maximum atomic E-state index is 9.84. The topological polar surface area (TPSA) is 3.24 Å². The molecule has 0 aromatic heterocycles. The van der Waals surface area contributed by atoms with E-state index in [1.54, 1.807) is 0 Å². The molecule has 0 spiro atoms. The van der Waals surface area contributed by atoms with Crippen molar-refractivity contribution in [1.29, 1.82) is 0 Å². The van der Waals surface area contributed by atoms with E-state index in [2.05, 4.69) is 182 Å². The van der Waals surface area contributed by atoms with Gasteiger partial charge in [0.15, 0.2) is 0 Å². The summed E-state index contributed by atoms with van der Waals surface area (Å²) in [5.41, 5.74) is 14.9. The van der Waals surface area contributed by atoms with Crippen molar-refractivity contribution in [2.75, 3.05) is 4.90 Å². The summed E-state index contributed by atoms with van der Waals surface area (Å²) in [6.45, 7) is 0. The molecule has 0 radical (unpaired) electrons. The molecule has 1 aliphatic carbocycles. The van der Waals surface area contributed by atoms with Crippen molar-refractivity contribution in [3.63, 3.8) is 0 Å². The van der Waals surface area contributed by atoms with Crippen LogP contribution in [-0.4, -0.2) is 0 Å². The van der Waals surface area contributed by atoms with Crippen LogP contribution in [0.15, 0.2) is 273 Å². The van der Waals surface area contributed by atoms with Crippen LogP contribution in [0.5, 0.6) is 0 Å². The van der Waals surface area contributed by atoms with Gasteiger partial charge in [0.2, 0.25) is 0 Å². The standard InChI is InChI=1S/C65H45N/c1-4-16-46(17-5-1)47-30-32-48(33-31-47)49-34-38-56(39-35-49)66(57-40-36-50(37-41-57)52-20-14-21-53(44-52)60-28-15-19-51-18-10-11-26-59(51)60)58-42-43-62-61-27-12-13-29-63(61)65(64(62)45-58,54-22-6-2-7-23-54)55-24-8-3-9-25-55/h1-45H/i34D,35D,38D,39D. The van der Waals surface area contributed by atoms with E-state index in [1.165, 1.54) is 21.9 Å². The van der Waals surface area contributed by atoms with E-state index in [4.69, 9.17) is 0 Å². The highest BCUT2D eigenvalue weighted by Crippen LogP contribution is 2.57. The molecule has 0 saturated carbocycles. The fourth-order valence-corrected chi connectivity index (χ4v) is 10.1. The number of nitrogens with zero attached hydrogens (tertiary/aromatic N) is 1. The molecule has 1 nitrogen and oxygen atoms in total. The summed E-state index contributed by atoms with van der Waals surface area (Å²) in [5, 5.41) is 2.39. The number of benzene rings is 11. The van der Waals surface area contributed by atoms with Crippen LogP contribution in [0.2, 0.25) is 0 Å². The Morgan fingerprint density at radius 2 is 0.773 bits per heavy atom. The van der Waals surface area contributed by atoms with Gasteiger partial charge < -0.3 is 4.90 Å². The smallest absolute Gasteiger partial charge is 0.0714 e. The summed E-state index contributed by atoms with van der Waals surface area (Å²) in [7, 11) is 0. The molecule has 1 heteroatoms. The van der Waals surface area contributed by atoms with Crippen LogP contribution in [0.1, 0.15) is 27.7 Å². The molecule has 0 saturated heterocycles. The minimum atomic E-state index is -0.695. The summed E-state index contributed by atoms with van der Waals surface area (Å²) in [6, 6.07) is 85.4. The Kier molecular flexibility index (Phi) is 8.75. The molecule has 0 heterocycles. The molecule has 0 atom stereocenters. The van der Waals surface area contributed by atoms with Crippen LogP contribution in [0.3, 0.4) is 0 Å². The van der Waals surface area contributed by atoms with E-state index in [-0.39, 0.29) is 35.4 Å². The van der Waals surface area contributed by atoms with Gasteiger partial charge in [0.05, 0.1) is 10.9 Å². The summed E-state index contributed by atoms with van der Waals surface area (Å²) in [5.74, 6) is 0. The van der Waals surface area contributed by atoms with E-state index in [1.807, 2.05) is 71.6 Å². The average Bonchev–Trinajstić information content (AvgIpc) is 3.73. The lowest BCUT2D eigenvalue weighted by molar-refractivity contribution is 0.768. The summed E-state index contributed by atoms with van der Waals surface area (Å²) in [4.78, 5) is 1.92. The van der Waals surface area contributed by atoms with Gasteiger partial charge in [-0.15, -0.1) is 0 Å². The van der Waals surface area contributed by atoms with Crippen molar-refractivity contribution < 1.29 is 5.48 Å². The number of rotatable bonds is 9. The lowest BCUT2D eigenvalue weighted by atomic mass is 9.67. The van der Waals surface area contributed by atoms with Crippen LogP contribution in [0.25, 0.3) is 66.4 Å². The second-order valence-electron chi connectivity index (χ2n) is 16.9. The molecule has 0 aliphatic heterocycles. The van der Waals surface area contributed by atoms with Gasteiger partial charge in [0.1, 0.15) is 0 Å². The number of fused-ring (bicyclic) bond motifs is 4. The molecule has 0 fully saturated rings. The fraction of sp³-hybridized carbons (Fsp3) is 0.0154. The molecule has 0 N–H and O–H groups in total. The van der Waals surface area contributed by atoms with Crippen molar-refractivity contribution in [1.82, 2.24) is 0 Å². The van der Waals surface area contributed by atoms with Gasteiger partial charge in [0.25, 0.3) is 0 Å². The van der Waals surface area contributed by atoms with Gasteiger partial charge in [-0.3, -0.25) is 0 Å². The lowest BCUT2D eigenvalue weighted by Crippen LogP contribution is -2.28. The van der Waals surface area contributed by atoms with Crippen molar-refractivity contribution in [3.8, 4) is 55.6 Å². The molecular formula is C65H45N. The maximum Gasteiger partial charge on any atom is 0.0714 e. The highest BCUT2D eigenvalue weighted by atomic mass is 15.1. The first-order valence-electron chi connectivity index (χ1n) is 24.5. The van der Waals surface area contributed by atoms with Crippen molar-refractivity contribution in [3.05, 3.63) is 295 Å². The van der Waals surface area contributed by atoms with E-state index in [0.29, 0.717) is 16.9 Å². The average molecular weight is 844 g/mol. The number of hydrogen-bond acceptors (Lipinski definition) is 1. The molecule has 12 rings (SSSR count). The van der Waals surface area contributed by atoms with Gasteiger partial charge >= 0.3 is 0 Å². The van der Waals surface area contributed by atoms with Gasteiger partial charge in [-0.1, -0.05) is 230 Å². The third-order valence-corrected chi connectivity index (χ3v) is 13.2. The monoisotopic (exact) mass is 843 g/mol. The van der Waals surface area contributed by atoms with Crippen LogP contribution >= 0.6 is 0 Å². The van der Waals surface area contributed by atoms with Gasteiger partial charge in [-0.2, -0.15) is 0 Å². The van der Waals surface area contributed by atoms with Crippen LogP contribution < -0.4 is 4.90 Å². The zero-order valence-corrected chi connectivity index (χ0v) is 36.1. The van der Waals surface area contributed by atoms with E-state index >= 15 is 0 Å². The van der Waals surface area contributed by atoms with Crippen LogP contribution in [0, 0.1) is 0 Å². The molecule has 0 bridgehead atoms. The Balaban J connectivity index is 1.04.